The number of aromatic nitrogens is 1. The van der Waals surface area contributed by atoms with Crippen LogP contribution in [0.3, 0.4) is 0 Å². The van der Waals surface area contributed by atoms with Gasteiger partial charge in [-0.25, -0.2) is 9.37 Å². The Balaban J connectivity index is 1.52. The lowest BCUT2D eigenvalue weighted by Gasteiger charge is -2.21. The van der Waals surface area contributed by atoms with E-state index in [2.05, 4.69) is 9.88 Å². The van der Waals surface area contributed by atoms with Gasteiger partial charge < -0.3 is 9.64 Å². The molecule has 24 heavy (non-hydrogen) atoms. The van der Waals surface area contributed by atoms with Crippen LogP contribution in [0.2, 0.25) is 0 Å². The molecule has 2 heterocycles. The van der Waals surface area contributed by atoms with E-state index in [0.29, 0.717) is 17.1 Å². The van der Waals surface area contributed by atoms with Crippen molar-refractivity contribution in [2.45, 2.75) is 32.6 Å². The largest absolute Gasteiger partial charge is 0.457 e. The van der Waals surface area contributed by atoms with E-state index in [1.807, 2.05) is 39.0 Å². The quantitative estimate of drug-likeness (QED) is 0.812. The summed E-state index contributed by atoms with van der Waals surface area (Å²) >= 11 is 0. The van der Waals surface area contributed by atoms with Crippen molar-refractivity contribution in [1.82, 2.24) is 4.98 Å². The van der Waals surface area contributed by atoms with Gasteiger partial charge in [0, 0.05) is 31.4 Å². The number of hydrogen-bond acceptors (Lipinski definition) is 3. The Labute approximate surface area is 142 Å². The summed E-state index contributed by atoms with van der Waals surface area (Å²) in [6.07, 6.45) is 3.13. The van der Waals surface area contributed by atoms with E-state index in [1.165, 1.54) is 12.5 Å². The van der Waals surface area contributed by atoms with Crippen LogP contribution < -0.4 is 9.64 Å². The van der Waals surface area contributed by atoms with E-state index in [-0.39, 0.29) is 11.2 Å². The Morgan fingerprint density at radius 2 is 1.79 bits per heavy atom. The molecule has 4 heteroatoms. The Morgan fingerprint density at radius 3 is 2.46 bits per heavy atom. The highest BCUT2D eigenvalue weighted by atomic mass is 19.1. The predicted molar refractivity (Wildman–Crippen MR) is 93.2 cm³/mol. The third-order valence-electron chi connectivity index (χ3n) is 5.00. The zero-order valence-electron chi connectivity index (χ0n) is 14.4. The zero-order valence-corrected chi connectivity index (χ0v) is 14.4. The van der Waals surface area contributed by atoms with Gasteiger partial charge in [0.15, 0.2) is 0 Å². The zero-order chi connectivity index (χ0) is 16.9. The van der Waals surface area contributed by atoms with Gasteiger partial charge in [0.05, 0.1) is 0 Å². The molecule has 0 radical (unpaired) electrons. The Morgan fingerprint density at radius 1 is 1.08 bits per heavy atom. The molecule has 0 amide bonds. The van der Waals surface area contributed by atoms with Crippen molar-refractivity contribution in [3.05, 3.63) is 47.9 Å². The lowest BCUT2D eigenvalue weighted by molar-refractivity contribution is 0.468. The highest BCUT2D eigenvalue weighted by Crippen LogP contribution is 2.46. The van der Waals surface area contributed by atoms with E-state index in [1.54, 1.807) is 12.3 Å². The van der Waals surface area contributed by atoms with E-state index in [0.717, 1.165) is 30.7 Å². The Hall–Kier alpha value is -2.10. The predicted octanol–water partition coefficient (Wildman–Crippen LogP) is 4.77. The minimum atomic E-state index is -0.228. The third kappa shape index (κ3) is 2.97. The van der Waals surface area contributed by atoms with Gasteiger partial charge in [-0.1, -0.05) is 26.8 Å². The molecule has 2 fully saturated rings. The van der Waals surface area contributed by atoms with E-state index < -0.39 is 0 Å². The van der Waals surface area contributed by atoms with Crippen molar-refractivity contribution in [2.24, 2.45) is 11.8 Å². The van der Waals surface area contributed by atoms with Crippen LogP contribution in [0.5, 0.6) is 11.5 Å². The van der Waals surface area contributed by atoms with Crippen LogP contribution in [0.1, 0.15) is 32.8 Å². The van der Waals surface area contributed by atoms with Crippen molar-refractivity contribution in [3.63, 3.8) is 0 Å². The molecule has 1 aromatic carbocycles. The summed E-state index contributed by atoms with van der Waals surface area (Å²) in [6, 6.07) is 8.86. The number of ether oxygens (including phenoxy) is 1. The number of benzene rings is 1. The normalized spacial score (nSPS) is 22.4. The van der Waals surface area contributed by atoms with Crippen molar-refractivity contribution in [1.29, 1.82) is 0 Å². The molecule has 1 saturated carbocycles. The van der Waals surface area contributed by atoms with Crippen LogP contribution in [0.15, 0.2) is 36.5 Å². The van der Waals surface area contributed by atoms with Crippen molar-refractivity contribution in [2.75, 3.05) is 18.0 Å². The van der Waals surface area contributed by atoms with Gasteiger partial charge in [0.25, 0.3) is 0 Å². The van der Waals surface area contributed by atoms with Gasteiger partial charge in [-0.3, -0.25) is 0 Å². The number of piperidine rings is 1. The Kier molecular flexibility index (Phi) is 3.52. The van der Waals surface area contributed by atoms with E-state index >= 15 is 0 Å². The topological polar surface area (TPSA) is 25.4 Å². The number of hydrogen-bond donors (Lipinski definition) is 0. The summed E-state index contributed by atoms with van der Waals surface area (Å²) in [7, 11) is 0. The number of pyridine rings is 1. The summed E-state index contributed by atoms with van der Waals surface area (Å²) in [5, 5.41) is 0. The molecule has 2 unspecified atom stereocenters. The van der Waals surface area contributed by atoms with Crippen molar-refractivity contribution < 1.29 is 9.13 Å². The van der Waals surface area contributed by atoms with E-state index in [4.69, 9.17) is 4.74 Å². The maximum atomic E-state index is 14.3. The van der Waals surface area contributed by atoms with Gasteiger partial charge in [-0.2, -0.15) is 0 Å². The van der Waals surface area contributed by atoms with Gasteiger partial charge in [0.1, 0.15) is 23.1 Å². The fraction of sp³-hybridized carbons (Fsp3) is 0.450. The molecule has 1 aromatic heterocycles. The Bertz CT molecular complexity index is 758. The summed E-state index contributed by atoms with van der Waals surface area (Å²) in [4.78, 5) is 6.77. The summed E-state index contributed by atoms with van der Waals surface area (Å²) < 4.78 is 20.2. The maximum absolute atomic E-state index is 14.3. The van der Waals surface area contributed by atoms with Crippen LogP contribution in [0, 0.1) is 17.7 Å². The number of halogens is 1. The average Bonchev–Trinajstić information content (AvgIpc) is 3.12. The summed E-state index contributed by atoms with van der Waals surface area (Å²) in [5.74, 6) is 3.65. The molecule has 0 spiro atoms. The highest BCUT2D eigenvalue weighted by molar-refractivity contribution is 5.47. The molecule has 4 rings (SSSR count). The molecule has 2 aliphatic rings. The standard InChI is InChI=1S/C20H23FN2O/c1-20(2,3)17-5-4-15(9-18(17)21)24-16-6-7-22-19(10-16)23-11-13-8-14(13)12-23/h4-7,9-10,13-14H,8,11-12H2,1-3H3. The lowest BCUT2D eigenvalue weighted by atomic mass is 9.87. The number of rotatable bonds is 3. The first kappa shape index (κ1) is 15.4. The van der Waals surface area contributed by atoms with Gasteiger partial charge in [-0.05, 0) is 41.4 Å². The van der Waals surface area contributed by atoms with Crippen LogP contribution in [-0.4, -0.2) is 18.1 Å². The smallest absolute Gasteiger partial charge is 0.132 e. The van der Waals surface area contributed by atoms with Crippen LogP contribution >= 0.6 is 0 Å². The van der Waals surface area contributed by atoms with Gasteiger partial charge in [0.2, 0.25) is 0 Å². The fourth-order valence-corrected chi connectivity index (χ4v) is 3.53. The van der Waals surface area contributed by atoms with Crippen LogP contribution in [-0.2, 0) is 5.41 Å². The first-order chi connectivity index (χ1) is 11.4. The maximum Gasteiger partial charge on any atom is 0.132 e. The lowest BCUT2D eigenvalue weighted by Crippen LogP contribution is -2.22. The molecule has 2 atom stereocenters. The third-order valence-corrected chi connectivity index (χ3v) is 5.00. The first-order valence-corrected chi connectivity index (χ1v) is 8.59. The molecule has 3 nitrogen and oxygen atoms in total. The first-order valence-electron chi connectivity index (χ1n) is 8.59. The minimum Gasteiger partial charge on any atom is -0.457 e. The van der Waals surface area contributed by atoms with Crippen LogP contribution in [0.25, 0.3) is 0 Å². The molecule has 0 bridgehead atoms. The molecule has 1 aliphatic heterocycles. The SMILES string of the molecule is CC(C)(C)c1ccc(Oc2ccnc(N3CC4CC4C3)c2)cc1F. The molecular weight excluding hydrogens is 303 g/mol. The van der Waals surface area contributed by atoms with Crippen molar-refractivity contribution >= 4 is 5.82 Å². The monoisotopic (exact) mass is 326 g/mol. The minimum absolute atomic E-state index is 0.219. The molecule has 0 N–H and O–H groups in total. The number of anilines is 1. The second-order valence-corrected chi connectivity index (χ2v) is 8.00. The van der Waals surface area contributed by atoms with Gasteiger partial charge >= 0.3 is 0 Å². The van der Waals surface area contributed by atoms with Crippen LogP contribution in [0.4, 0.5) is 10.2 Å². The number of fused-ring (bicyclic) bond motifs is 1. The molecule has 1 saturated heterocycles. The summed E-state index contributed by atoms with van der Waals surface area (Å²) in [6.45, 7) is 8.19. The molecule has 1 aliphatic carbocycles. The number of nitrogens with zero attached hydrogens (tertiary/aromatic N) is 2. The average molecular weight is 326 g/mol. The second kappa shape index (κ2) is 5.47. The van der Waals surface area contributed by atoms with E-state index in [9.17, 15) is 4.39 Å². The van der Waals surface area contributed by atoms with Crippen molar-refractivity contribution in [3.8, 4) is 11.5 Å². The highest BCUT2D eigenvalue weighted by Gasteiger charge is 2.45. The fourth-order valence-electron chi connectivity index (χ4n) is 3.53. The summed E-state index contributed by atoms with van der Waals surface area (Å²) in [5.41, 5.74) is 0.477. The molecule has 126 valence electrons. The molecular formula is C20H23FN2O. The molecule has 2 aromatic rings. The second-order valence-electron chi connectivity index (χ2n) is 8.00. The van der Waals surface area contributed by atoms with Gasteiger partial charge in [-0.15, -0.1) is 0 Å².